The summed E-state index contributed by atoms with van der Waals surface area (Å²) in [7, 11) is 0. The molecule has 0 spiro atoms. The van der Waals surface area contributed by atoms with Gasteiger partial charge < -0.3 is 4.74 Å². The minimum Gasteiger partial charge on any atom is -0.494 e. The zero-order valence-corrected chi connectivity index (χ0v) is 13.7. The van der Waals surface area contributed by atoms with Crippen LogP contribution in [0.3, 0.4) is 0 Å². The smallest absolute Gasteiger partial charge is 0.198 e. The van der Waals surface area contributed by atoms with Gasteiger partial charge in [-0.25, -0.2) is 9.99 Å². The Labute approximate surface area is 130 Å². The number of hydrogen-bond donors (Lipinski definition) is 1. The number of anilines is 1. The molecule has 1 aliphatic heterocycles. The highest BCUT2D eigenvalue weighted by molar-refractivity contribution is 7.22. The van der Waals surface area contributed by atoms with E-state index in [0.29, 0.717) is 18.7 Å². The third-order valence-electron chi connectivity index (χ3n) is 4.09. The quantitative estimate of drug-likeness (QED) is 0.914. The maximum atomic E-state index is 5.56. The van der Waals surface area contributed by atoms with E-state index in [2.05, 4.69) is 35.3 Å². The van der Waals surface area contributed by atoms with Crippen molar-refractivity contribution < 1.29 is 4.74 Å². The van der Waals surface area contributed by atoms with Gasteiger partial charge in [-0.1, -0.05) is 17.8 Å². The number of fused-ring (bicyclic) bond motifs is 1. The van der Waals surface area contributed by atoms with Crippen molar-refractivity contribution in [3.8, 4) is 5.75 Å². The summed E-state index contributed by atoms with van der Waals surface area (Å²) in [6.07, 6.45) is 3.81. The highest BCUT2D eigenvalue weighted by Crippen LogP contribution is 2.31. The van der Waals surface area contributed by atoms with E-state index in [4.69, 9.17) is 4.74 Å². The molecule has 2 unspecified atom stereocenters. The Morgan fingerprint density at radius 1 is 1.33 bits per heavy atom. The number of rotatable bonds is 4. The van der Waals surface area contributed by atoms with Crippen molar-refractivity contribution in [1.29, 1.82) is 0 Å². The molecule has 1 N–H and O–H groups in total. The first-order valence-electron chi connectivity index (χ1n) is 7.75. The predicted molar refractivity (Wildman–Crippen MR) is 89.0 cm³/mol. The monoisotopic (exact) mass is 305 g/mol. The van der Waals surface area contributed by atoms with Crippen LogP contribution in [0.1, 0.15) is 40.0 Å². The number of ether oxygens (including phenoxy) is 1. The van der Waals surface area contributed by atoms with Gasteiger partial charge in [0.1, 0.15) is 5.75 Å². The van der Waals surface area contributed by atoms with Crippen molar-refractivity contribution in [2.24, 2.45) is 0 Å². The van der Waals surface area contributed by atoms with Crippen LogP contribution in [0, 0.1) is 0 Å². The number of aromatic nitrogens is 1. The zero-order chi connectivity index (χ0) is 14.8. The van der Waals surface area contributed by atoms with Gasteiger partial charge in [-0.05, 0) is 51.8 Å². The van der Waals surface area contributed by atoms with Gasteiger partial charge in [-0.3, -0.25) is 5.43 Å². The number of nitrogens with one attached hydrogen (secondary N) is 1. The molecule has 114 valence electrons. The van der Waals surface area contributed by atoms with E-state index in [1.54, 1.807) is 11.3 Å². The second-order valence-electron chi connectivity index (χ2n) is 5.73. The molecule has 0 bridgehead atoms. The second kappa shape index (κ2) is 6.20. The van der Waals surface area contributed by atoms with Crippen LogP contribution >= 0.6 is 11.3 Å². The molecular formula is C16H23N3OS. The average molecular weight is 305 g/mol. The van der Waals surface area contributed by atoms with E-state index in [1.165, 1.54) is 24.0 Å². The molecule has 21 heavy (non-hydrogen) atoms. The van der Waals surface area contributed by atoms with Gasteiger partial charge in [-0.15, -0.1) is 0 Å². The number of piperidine rings is 1. The first-order chi connectivity index (χ1) is 10.2. The number of hydrazine groups is 1. The van der Waals surface area contributed by atoms with Gasteiger partial charge in [0.2, 0.25) is 0 Å². The molecule has 1 fully saturated rings. The predicted octanol–water partition coefficient (Wildman–Crippen LogP) is 4.28. The maximum Gasteiger partial charge on any atom is 0.198 e. The van der Waals surface area contributed by atoms with Crippen molar-refractivity contribution in [2.45, 2.75) is 52.1 Å². The summed E-state index contributed by atoms with van der Waals surface area (Å²) in [4.78, 5) is 4.69. The van der Waals surface area contributed by atoms with Crippen LogP contribution in [0.2, 0.25) is 0 Å². The van der Waals surface area contributed by atoms with Gasteiger partial charge in [0, 0.05) is 12.1 Å². The molecule has 4 nitrogen and oxygen atoms in total. The Hall–Kier alpha value is -1.33. The normalized spacial score (nSPS) is 23.4. The summed E-state index contributed by atoms with van der Waals surface area (Å²) in [5.74, 6) is 0.917. The number of thiazole rings is 1. The molecule has 0 saturated carbocycles. The van der Waals surface area contributed by atoms with Crippen LogP contribution < -0.4 is 10.2 Å². The third-order valence-corrected chi connectivity index (χ3v) is 5.01. The van der Waals surface area contributed by atoms with E-state index in [0.717, 1.165) is 16.4 Å². The van der Waals surface area contributed by atoms with Crippen LogP contribution in [-0.4, -0.2) is 28.7 Å². The summed E-state index contributed by atoms with van der Waals surface area (Å²) in [6, 6.07) is 7.21. The Kier molecular flexibility index (Phi) is 4.31. The highest BCUT2D eigenvalue weighted by Gasteiger charge is 2.25. The lowest BCUT2D eigenvalue weighted by molar-refractivity contribution is 0.136. The van der Waals surface area contributed by atoms with Crippen molar-refractivity contribution in [2.75, 3.05) is 12.0 Å². The standard InChI is InChI=1S/C16H23N3OS/c1-4-20-13-8-9-14-15(10-13)21-16(17-14)18-19-11(2)6-5-7-12(19)3/h8-12H,4-7H2,1-3H3,(H,17,18). The molecule has 0 radical (unpaired) electrons. The van der Waals surface area contributed by atoms with Gasteiger partial charge in [0.15, 0.2) is 5.13 Å². The molecule has 5 heteroatoms. The van der Waals surface area contributed by atoms with E-state index in [1.807, 2.05) is 19.1 Å². The minimum atomic E-state index is 0.555. The first kappa shape index (κ1) is 14.6. The third kappa shape index (κ3) is 3.14. The molecular weight excluding hydrogens is 282 g/mol. The summed E-state index contributed by atoms with van der Waals surface area (Å²) >= 11 is 1.69. The Morgan fingerprint density at radius 2 is 2.10 bits per heavy atom. The fourth-order valence-corrected chi connectivity index (χ4v) is 3.86. The maximum absolute atomic E-state index is 5.56. The lowest BCUT2D eigenvalue weighted by Crippen LogP contribution is -2.47. The van der Waals surface area contributed by atoms with E-state index >= 15 is 0 Å². The molecule has 2 aromatic rings. The summed E-state index contributed by atoms with van der Waals surface area (Å²) in [6.45, 7) is 7.26. The Balaban J connectivity index is 1.80. The molecule has 1 saturated heterocycles. The molecule has 0 amide bonds. The van der Waals surface area contributed by atoms with Crippen LogP contribution in [-0.2, 0) is 0 Å². The molecule has 1 aliphatic rings. The molecule has 2 heterocycles. The average Bonchev–Trinajstić information content (AvgIpc) is 2.85. The van der Waals surface area contributed by atoms with Gasteiger partial charge in [-0.2, -0.15) is 0 Å². The zero-order valence-electron chi connectivity index (χ0n) is 12.9. The lowest BCUT2D eigenvalue weighted by atomic mass is 10.00. The van der Waals surface area contributed by atoms with E-state index < -0.39 is 0 Å². The van der Waals surface area contributed by atoms with Gasteiger partial charge in [0.25, 0.3) is 0 Å². The summed E-state index contributed by atoms with van der Waals surface area (Å²) < 4.78 is 6.72. The van der Waals surface area contributed by atoms with Gasteiger partial charge >= 0.3 is 0 Å². The van der Waals surface area contributed by atoms with Crippen molar-refractivity contribution >= 4 is 26.7 Å². The van der Waals surface area contributed by atoms with Crippen LogP contribution in [0.25, 0.3) is 10.2 Å². The van der Waals surface area contributed by atoms with Crippen LogP contribution in [0.15, 0.2) is 18.2 Å². The second-order valence-corrected chi connectivity index (χ2v) is 6.76. The number of nitrogens with zero attached hydrogens (tertiary/aromatic N) is 2. The SMILES string of the molecule is CCOc1ccc2nc(NN3C(C)CCCC3C)sc2c1. The topological polar surface area (TPSA) is 37.4 Å². The van der Waals surface area contributed by atoms with Gasteiger partial charge in [0.05, 0.1) is 16.8 Å². The molecule has 2 atom stereocenters. The highest BCUT2D eigenvalue weighted by atomic mass is 32.1. The fraction of sp³-hybridized carbons (Fsp3) is 0.562. The fourth-order valence-electron chi connectivity index (χ4n) is 2.96. The van der Waals surface area contributed by atoms with Crippen molar-refractivity contribution in [3.63, 3.8) is 0 Å². The Bertz CT molecular complexity index is 603. The van der Waals surface area contributed by atoms with E-state index in [9.17, 15) is 0 Å². The minimum absolute atomic E-state index is 0.555. The molecule has 1 aromatic heterocycles. The van der Waals surface area contributed by atoms with Crippen LogP contribution in [0.5, 0.6) is 5.75 Å². The van der Waals surface area contributed by atoms with Crippen molar-refractivity contribution in [3.05, 3.63) is 18.2 Å². The summed E-state index contributed by atoms with van der Waals surface area (Å²) in [5, 5.41) is 3.32. The van der Waals surface area contributed by atoms with Crippen LogP contribution in [0.4, 0.5) is 5.13 Å². The molecule has 3 rings (SSSR count). The summed E-state index contributed by atoms with van der Waals surface area (Å²) in [5.41, 5.74) is 4.55. The Morgan fingerprint density at radius 3 is 2.81 bits per heavy atom. The number of hydrogen-bond acceptors (Lipinski definition) is 5. The first-order valence-corrected chi connectivity index (χ1v) is 8.57. The number of benzene rings is 1. The largest absolute Gasteiger partial charge is 0.494 e. The molecule has 0 aliphatic carbocycles. The van der Waals surface area contributed by atoms with E-state index in [-0.39, 0.29) is 0 Å². The molecule has 1 aromatic carbocycles. The van der Waals surface area contributed by atoms with Crippen molar-refractivity contribution in [1.82, 2.24) is 9.99 Å². The lowest BCUT2D eigenvalue weighted by Gasteiger charge is -2.38.